The Morgan fingerprint density at radius 3 is 2.56 bits per heavy atom. The summed E-state index contributed by atoms with van der Waals surface area (Å²) < 4.78 is 39.7. The molecule has 1 aliphatic heterocycles. The number of aromatic nitrogens is 1. The van der Waals surface area contributed by atoms with Crippen molar-refractivity contribution in [3.63, 3.8) is 0 Å². The fourth-order valence-electron chi connectivity index (χ4n) is 4.11. The number of nitrogens with one attached hydrogen (secondary N) is 1. The van der Waals surface area contributed by atoms with Crippen LogP contribution in [0.15, 0.2) is 48.9 Å². The fraction of sp³-hybridized carbons (Fsp3) is 0.455. The molecule has 0 bridgehead atoms. The first-order valence-corrected chi connectivity index (χ1v) is 12.2. The molecule has 10 heteroatoms. The fourth-order valence-corrected chi connectivity index (χ4v) is 5.60. The highest BCUT2D eigenvalue weighted by atomic mass is 32.2. The first-order chi connectivity index (χ1) is 15.3. The molecule has 0 radical (unpaired) electrons. The van der Waals surface area contributed by atoms with Crippen molar-refractivity contribution < 1.29 is 22.0 Å². The van der Waals surface area contributed by atoms with Crippen LogP contribution in [0.2, 0.25) is 0 Å². The summed E-state index contributed by atoms with van der Waals surface area (Å²) in [6.07, 6.45) is 1.57. The van der Waals surface area contributed by atoms with Crippen LogP contribution in [-0.4, -0.2) is 36.3 Å². The van der Waals surface area contributed by atoms with Gasteiger partial charge in [0.1, 0.15) is 11.5 Å². The number of nitrogens with zero attached hydrogens (tertiary/aromatic N) is 2. The lowest BCUT2D eigenvalue weighted by atomic mass is 9.94. The van der Waals surface area contributed by atoms with Gasteiger partial charge in [0.05, 0.1) is 17.0 Å². The van der Waals surface area contributed by atoms with Crippen LogP contribution in [0, 0.1) is 12.8 Å². The van der Waals surface area contributed by atoms with E-state index in [0.29, 0.717) is 56.7 Å². The van der Waals surface area contributed by atoms with Crippen LogP contribution in [0.5, 0.6) is 0 Å². The van der Waals surface area contributed by atoms with Gasteiger partial charge >= 0.3 is 5.76 Å². The smallest absolute Gasteiger partial charge is 0.419 e. The van der Waals surface area contributed by atoms with E-state index in [2.05, 4.69) is 5.32 Å². The molecule has 1 aliphatic rings. The van der Waals surface area contributed by atoms with Crippen molar-refractivity contribution in [2.24, 2.45) is 5.92 Å². The maximum Gasteiger partial charge on any atom is 0.419 e. The Balaban J connectivity index is 1.35. The molecule has 1 fully saturated rings. The molecule has 0 aliphatic carbocycles. The molecule has 9 nitrogen and oxygen atoms in total. The highest BCUT2D eigenvalue weighted by Crippen LogP contribution is 2.27. The molecule has 1 N–H and O–H groups in total. The van der Waals surface area contributed by atoms with Gasteiger partial charge in [0.25, 0.3) is 0 Å². The standard InChI is InChI=1S/C22H27N3O6S/c1-3-25-19-7-6-18(13-20(19)31-22(25)27)32(28,29)24-10-8-16(9-11-24)12-21(26)23-14-17-5-4-15(2)30-17/h4-7,13,16H,3,8-12,14H2,1-2H3,(H,23,26). The molecule has 32 heavy (non-hydrogen) atoms. The van der Waals surface area contributed by atoms with Gasteiger partial charge in [-0.3, -0.25) is 9.36 Å². The van der Waals surface area contributed by atoms with Crippen LogP contribution in [0.25, 0.3) is 11.1 Å². The van der Waals surface area contributed by atoms with Gasteiger partial charge in [0.2, 0.25) is 15.9 Å². The summed E-state index contributed by atoms with van der Waals surface area (Å²) in [7, 11) is -3.71. The zero-order chi connectivity index (χ0) is 22.9. The minimum absolute atomic E-state index is 0.0683. The number of furan rings is 1. The Morgan fingerprint density at radius 2 is 1.91 bits per heavy atom. The van der Waals surface area contributed by atoms with Crippen molar-refractivity contribution in [1.29, 1.82) is 0 Å². The average molecular weight is 462 g/mol. The molecule has 4 rings (SSSR count). The first kappa shape index (κ1) is 22.3. The van der Waals surface area contributed by atoms with E-state index in [4.69, 9.17) is 8.83 Å². The van der Waals surface area contributed by atoms with E-state index >= 15 is 0 Å². The second-order valence-corrected chi connectivity index (χ2v) is 10.0. The van der Waals surface area contributed by atoms with Gasteiger partial charge in [-0.15, -0.1) is 0 Å². The molecule has 1 aromatic carbocycles. The van der Waals surface area contributed by atoms with Crippen LogP contribution < -0.4 is 11.1 Å². The SMILES string of the molecule is CCn1c(=O)oc2cc(S(=O)(=O)N3CCC(CC(=O)NCc4ccc(C)o4)CC3)ccc21. The van der Waals surface area contributed by atoms with Crippen molar-refractivity contribution in [2.45, 2.75) is 51.1 Å². The Kier molecular flexibility index (Phi) is 6.25. The summed E-state index contributed by atoms with van der Waals surface area (Å²) in [6, 6.07) is 8.21. The number of carbonyl (C=O) groups is 1. The minimum atomic E-state index is -3.71. The third kappa shape index (κ3) is 4.51. The topological polar surface area (TPSA) is 115 Å². The molecule has 3 aromatic rings. The molecular weight excluding hydrogens is 434 g/mol. The van der Waals surface area contributed by atoms with Crippen molar-refractivity contribution in [3.8, 4) is 0 Å². The number of oxazole rings is 1. The Bertz CT molecular complexity index is 1280. The minimum Gasteiger partial charge on any atom is -0.465 e. The van der Waals surface area contributed by atoms with Gasteiger partial charge < -0.3 is 14.2 Å². The lowest BCUT2D eigenvalue weighted by molar-refractivity contribution is -0.122. The number of sulfonamides is 1. The lowest BCUT2D eigenvalue weighted by Crippen LogP contribution is -2.39. The third-order valence-electron chi connectivity index (χ3n) is 5.90. The van der Waals surface area contributed by atoms with E-state index in [0.717, 1.165) is 5.76 Å². The van der Waals surface area contributed by atoms with Crippen LogP contribution in [-0.2, 0) is 27.9 Å². The monoisotopic (exact) mass is 461 g/mol. The predicted octanol–water partition coefficient (Wildman–Crippen LogP) is 2.62. The predicted molar refractivity (Wildman–Crippen MR) is 118 cm³/mol. The summed E-state index contributed by atoms with van der Waals surface area (Å²) in [4.78, 5) is 24.2. The lowest BCUT2D eigenvalue weighted by Gasteiger charge is -2.30. The van der Waals surface area contributed by atoms with Crippen molar-refractivity contribution in [3.05, 3.63) is 52.4 Å². The molecule has 0 saturated carbocycles. The Morgan fingerprint density at radius 1 is 1.16 bits per heavy atom. The van der Waals surface area contributed by atoms with Gasteiger partial charge in [-0.05, 0) is 56.9 Å². The first-order valence-electron chi connectivity index (χ1n) is 10.7. The zero-order valence-corrected chi connectivity index (χ0v) is 19.0. The number of fused-ring (bicyclic) bond motifs is 1. The highest BCUT2D eigenvalue weighted by Gasteiger charge is 2.30. The number of piperidine rings is 1. The van der Waals surface area contributed by atoms with Gasteiger partial charge in [0.15, 0.2) is 5.58 Å². The number of hydrogen-bond donors (Lipinski definition) is 1. The quantitative estimate of drug-likeness (QED) is 0.578. The number of benzene rings is 1. The summed E-state index contributed by atoms with van der Waals surface area (Å²) in [6.45, 7) is 5.15. The number of rotatable bonds is 7. The highest BCUT2D eigenvalue weighted by molar-refractivity contribution is 7.89. The summed E-state index contributed by atoms with van der Waals surface area (Å²) >= 11 is 0. The molecule has 172 valence electrons. The van der Waals surface area contributed by atoms with Crippen LogP contribution >= 0.6 is 0 Å². The second kappa shape index (κ2) is 8.95. The normalized spacial score (nSPS) is 15.9. The van der Waals surface area contributed by atoms with Crippen molar-refractivity contribution >= 4 is 27.0 Å². The number of aryl methyl sites for hydroxylation is 2. The van der Waals surface area contributed by atoms with E-state index in [1.807, 2.05) is 26.0 Å². The van der Waals surface area contributed by atoms with Crippen molar-refractivity contribution in [1.82, 2.24) is 14.2 Å². The van der Waals surface area contributed by atoms with Gasteiger partial charge in [0, 0.05) is 32.1 Å². The van der Waals surface area contributed by atoms with E-state index in [1.165, 1.54) is 21.0 Å². The largest absolute Gasteiger partial charge is 0.465 e. The second-order valence-electron chi connectivity index (χ2n) is 8.08. The molecule has 0 atom stereocenters. The zero-order valence-electron chi connectivity index (χ0n) is 18.2. The third-order valence-corrected chi connectivity index (χ3v) is 7.79. The summed E-state index contributed by atoms with van der Waals surface area (Å²) in [5.41, 5.74) is 0.835. The van der Waals surface area contributed by atoms with E-state index in [1.54, 1.807) is 6.07 Å². The molecular formula is C22H27N3O6S. The number of hydrogen-bond acceptors (Lipinski definition) is 6. The maximum absolute atomic E-state index is 13.1. The molecule has 3 heterocycles. The summed E-state index contributed by atoms with van der Waals surface area (Å²) in [5.74, 6) is 1.06. The Labute approximate surface area is 186 Å². The van der Waals surface area contributed by atoms with Gasteiger partial charge in [-0.2, -0.15) is 4.31 Å². The molecule has 2 aromatic heterocycles. The van der Waals surface area contributed by atoms with Gasteiger partial charge in [-0.1, -0.05) is 0 Å². The van der Waals surface area contributed by atoms with Crippen LogP contribution in [0.4, 0.5) is 0 Å². The molecule has 1 amide bonds. The molecule has 0 spiro atoms. The number of amides is 1. The van der Waals surface area contributed by atoms with Crippen molar-refractivity contribution in [2.75, 3.05) is 13.1 Å². The maximum atomic E-state index is 13.1. The average Bonchev–Trinajstić information content (AvgIpc) is 3.33. The van der Waals surface area contributed by atoms with E-state index in [-0.39, 0.29) is 22.3 Å². The number of carbonyl (C=O) groups excluding carboxylic acids is 1. The van der Waals surface area contributed by atoms with E-state index in [9.17, 15) is 18.0 Å². The Hall–Kier alpha value is -2.85. The van der Waals surface area contributed by atoms with Gasteiger partial charge in [-0.25, -0.2) is 13.2 Å². The van der Waals surface area contributed by atoms with Crippen LogP contribution in [0.3, 0.4) is 0 Å². The van der Waals surface area contributed by atoms with Crippen LogP contribution in [0.1, 0.15) is 37.7 Å². The summed E-state index contributed by atoms with van der Waals surface area (Å²) in [5, 5.41) is 2.85. The molecule has 0 unspecified atom stereocenters. The van der Waals surface area contributed by atoms with E-state index < -0.39 is 15.8 Å². The molecule has 1 saturated heterocycles.